The molecule has 188 valence electrons. The first-order chi connectivity index (χ1) is 18.7. The van der Waals surface area contributed by atoms with Crippen molar-refractivity contribution >= 4 is 38.4 Å². The van der Waals surface area contributed by atoms with Crippen molar-refractivity contribution < 1.29 is 0 Å². The zero-order valence-electron chi connectivity index (χ0n) is 22.2. The predicted molar refractivity (Wildman–Crippen MR) is 160 cm³/mol. The molecule has 0 spiro atoms. The van der Waals surface area contributed by atoms with Gasteiger partial charge in [-0.1, -0.05) is 49.4 Å². The molecule has 1 aliphatic carbocycles. The number of hydrogen-bond acceptors (Lipinski definition) is 2. The summed E-state index contributed by atoms with van der Waals surface area (Å²) in [5.41, 5.74) is 10.2. The van der Waals surface area contributed by atoms with E-state index in [0.717, 1.165) is 19.3 Å². The number of pyridine rings is 2. The molecule has 1 aliphatic rings. The van der Waals surface area contributed by atoms with Crippen LogP contribution in [0.1, 0.15) is 36.6 Å². The van der Waals surface area contributed by atoms with Gasteiger partial charge in [-0.3, -0.25) is 9.97 Å². The van der Waals surface area contributed by atoms with Gasteiger partial charge in [0.05, 0.1) is 16.6 Å². The van der Waals surface area contributed by atoms with Crippen LogP contribution in [-0.2, 0) is 6.42 Å². The van der Waals surface area contributed by atoms with E-state index in [2.05, 4.69) is 119 Å². The van der Waals surface area contributed by atoms with Gasteiger partial charge in [-0.2, -0.15) is 0 Å². The number of aromatic nitrogens is 4. The second-order valence-electron chi connectivity index (χ2n) is 9.81. The van der Waals surface area contributed by atoms with Crippen LogP contribution in [0.3, 0.4) is 0 Å². The topological polar surface area (TPSA) is 35.6 Å². The summed E-state index contributed by atoms with van der Waals surface area (Å²) in [6, 6.07) is 21.5. The van der Waals surface area contributed by atoms with Gasteiger partial charge in [-0.05, 0) is 80.6 Å². The lowest BCUT2D eigenvalue weighted by Crippen LogP contribution is -1.99. The van der Waals surface area contributed by atoms with Crippen molar-refractivity contribution in [3.63, 3.8) is 0 Å². The van der Waals surface area contributed by atoms with Gasteiger partial charge in [0.25, 0.3) is 0 Å². The second-order valence-corrected chi connectivity index (χ2v) is 9.81. The Labute approximate surface area is 223 Å². The number of hydrogen-bond donors (Lipinski definition) is 0. The molecule has 4 heterocycles. The van der Waals surface area contributed by atoms with E-state index in [-0.39, 0.29) is 0 Å². The number of fused-ring (bicyclic) bond motifs is 4. The second kappa shape index (κ2) is 10.1. The van der Waals surface area contributed by atoms with E-state index in [1.54, 1.807) is 0 Å². The van der Waals surface area contributed by atoms with Crippen molar-refractivity contribution in [2.75, 3.05) is 0 Å². The summed E-state index contributed by atoms with van der Waals surface area (Å²) in [6.45, 7) is 6.53. The first kappa shape index (κ1) is 23.9. The molecule has 38 heavy (non-hydrogen) atoms. The highest BCUT2D eigenvalue weighted by atomic mass is 15.0. The molecule has 7 rings (SSSR count). The van der Waals surface area contributed by atoms with Gasteiger partial charge in [0.2, 0.25) is 0 Å². The minimum atomic E-state index is 1.07. The standard InChI is InChI=1S/C19H16N2.C15H16N2/c1-2-14-7-9-15(10-8-14)21-18-6-4-3-5-16(18)17-13-20-12-11-19(17)21;1-11-12(2)17(13-6-4-3-5-7-13)15-8-9-16-10-14(11)15/h3-13H,2H2,1H3;4,6-10H,3,5H2,1-2H3. The Hall–Kier alpha value is -4.44. The predicted octanol–water partition coefficient (Wildman–Crippen LogP) is 8.59. The summed E-state index contributed by atoms with van der Waals surface area (Å²) in [5, 5.41) is 3.71. The molecule has 4 nitrogen and oxygen atoms in total. The van der Waals surface area contributed by atoms with Gasteiger partial charge >= 0.3 is 0 Å². The maximum atomic E-state index is 4.28. The van der Waals surface area contributed by atoms with Crippen LogP contribution in [0.15, 0.2) is 104 Å². The Bertz CT molecular complexity index is 1760. The number of allylic oxidation sites excluding steroid dienone is 4. The Morgan fingerprint density at radius 3 is 2.11 bits per heavy atom. The molecule has 0 radical (unpaired) electrons. The van der Waals surface area contributed by atoms with Crippen LogP contribution in [0, 0.1) is 13.8 Å². The molecule has 0 amide bonds. The van der Waals surface area contributed by atoms with Crippen LogP contribution in [0.25, 0.3) is 44.1 Å². The average molecular weight is 497 g/mol. The third-order valence-electron chi connectivity index (χ3n) is 7.63. The van der Waals surface area contributed by atoms with E-state index in [9.17, 15) is 0 Å². The summed E-state index contributed by atoms with van der Waals surface area (Å²) in [6.07, 6.45) is 17.8. The van der Waals surface area contributed by atoms with E-state index >= 15 is 0 Å². The zero-order chi connectivity index (χ0) is 26.1. The van der Waals surface area contributed by atoms with Crippen LogP contribution in [0.4, 0.5) is 0 Å². The third-order valence-corrected chi connectivity index (χ3v) is 7.63. The van der Waals surface area contributed by atoms with Gasteiger partial charge in [0, 0.05) is 58.0 Å². The fourth-order valence-electron chi connectivity index (χ4n) is 5.49. The highest BCUT2D eigenvalue weighted by Gasteiger charge is 2.13. The number of rotatable bonds is 3. The van der Waals surface area contributed by atoms with E-state index in [1.165, 1.54) is 60.9 Å². The van der Waals surface area contributed by atoms with E-state index in [0.29, 0.717) is 0 Å². The number of benzene rings is 2. The van der Waals surface area contributed by atoms with Gasteiger partial charge in [-0.25, -0.2) is 0 Å². The molecule has 0 unspecified atom stereocenters. The van der Waals surface area contributed by atoms with Gasteiger partial charge in [0.1, 0.15) is 0 Å². The van der Waals surface area contributed by atoms with Crippen molar-refractivity contribution in [1.82, 2.24) is 19.1 Å². The molecule has 0 saturated heterocycles. The molecule has 6 aromatic rings. The Kier molecular flexibility index (Phi) is 6.38. The Balaban J connectivity index is 0.000000142. The third kappa shape index (κ3) is 4.12. The molecule has 0 fully saturated rings. The highest BCUT2D eigenvalue weighted by molar-refractivity contribution is 6.08. The largest absolute Gasteiger partial charge is 0.314 e. The normalized spacial score (nSPS) is 13.1. The first-order valence-electron chi connectivity index (χ1n) is 13.4. The van der Waals surface area contributed by atoms with Crippen molar-refractivity contribution in [3.05, 3.63) is 120 Å². The van der Waals surface area contributed by atoms with Crippen molar-refractivity contribution in [2.45, 2.75) is 40.0 Å². The lowest BCUT2D eigenvalue weighted by atomic mass is 10.1. The Morgan fingerprint density at radius 2 is 1.39 bits per heavy atom. The van der Waals surface area contributed by atoms with Crippen LogP contribution >= 0.6 is 0 Å². The molecular formula is C34H32N4. The van der Waals surface area contributed by atoms with Crippen LogP contribution in [-0.4, -0.2) is 19.1 Å². The number of nitrogens with zero attached hydrogens (tertiary/aromatic N) is 4. The zero-order valence-corrected chi connectivity index (χ0v) is 22.2. The van der Waals surface area contributed by atoms with E-state index in [4.69, 9.17) is 0 Å². The summed E-state index contributed by atoms with van der Waals surface area (Å²) in [7, 11) is 0. The number of para-hydroxylation sites is 1. The fraction of sp³-hybridized carbons (Fsp3) is 0.176. The molecule has 0 N–H and O–H groups in total. The number of aryl methyl sites for hydroxylation is 2. The van der Waals surface area contributed by atoms with E-state index in [1.807, 2.05) is 24.8 Å². The molecule has 0 aliphatic heterocycles. The molecule has 0 bridgehead atoms. The molecule has 4 aromatic heterocycles. The average Bonchev–Trinajstić information content (AvgIpc) is 3.45. The smallest absolute Gasteiger partial charge is 0.0571 e. The lowest BCUT2D eigenvalue weighted by molar-refractivity contribution is 0.992. The van der Waals surface area contributed by atoms with E-state index < -0.39 is 0 Å². The fourth-order valence-corrected chi connectivity index (χ4v) is 5.49. The highest BCUT2D eigenvalue weighted by Crippen LogP contribution is 2.31. The van der Waals surface area contributed by atoms with Crippen LogP contribution in [0.5, 0.6) is 0 Å². The van der Waals surface area contributed by atoms with Gasteiger partial charge in [0.15, 0.2) is 0 Å². The van der Waals surface area contributed by atoms with Gasteiger partial charge in [-0.15, -0.1) is 0 Å². The molecular weight excluding hydrogens is 464 g/mol. The maximum absolute atomic E-state index is 4.28. The minimum absolute atomic E-state index is 1.07. The van der Waals surface area contributed by atoms with Crippen molar-refractivity contribution in [3.8, 4) is 5.69 Å². The van der Waals surface area contributed by atoms with Gasteiger partial charge < -0.3 is 9.13 Å². The summed E-state index contributed by atoms with van der Waals surface area (Å²) in [4.78, 5) is 8.51. The maximum Gasteiger partial charge on any atom is 0.0571 e. The monoisotopic (exact) mass is 496 g/mol. The SMILES string of the molecule is CCc1ccc(-n2c3ccccc3c3cnccc32)cc1.Cc1c(C)n(C2=CCCC=C2)c2ccncc12. The lowest BCUT2D eigenvalue weighted by Gasteiger charge is -2.12. The molecule has 0 saturated carbocycles. The molecule has 0 atom stereocenters. The first-order valence-corrected chi connectivity index (χ1v) is 13.4. The van der Waals surface area contributed by atoms with Crippen LogP contribution < -0.4 is 0 Å². The quantitative estimate of drug-likeness (QED) is 0.246. The molecule has 4 heteroatoms. The van der Waals surface area contributed by atoms with Crippen molar-refractivity contribution in [1.29, 1.82) is 0 Å². The summed E-state index contributed by atoms with van der Waals surface area (Å²) >= 11 is 0. The minimum Gasteiger partial charge on any atom is -0.314 e. The van der Waals surface area contributed by atoms with Crippen LogP contribution in [0.2, 0.25) is 0 Å². The Morgan fingerprint density at radius 1 is 0.711 bits per heavy atom. The molecule has 2 aromatic carbocycles. The summed E-state index contributed by atoms with van der Waals surface area (Å²) in [5.74, 6) is 0. The van der Waals surface area contributed by atoms with Crippen molar-refractivity contribution in [2.24, 2.45) is 0 Å². The summed E-state index contributed by atoms with van der Waals surface area (Å²) < 4.78 is 4.65.